The van der Waals surface area contributed by atoms with Crippen LogP contribution in [0.25, 0.3) is 48.0 Å². The summed E-state index contributed by atoms with van der Waals surface area (Å²) in [5.74, 6) is 0. The topological polar surface area (TPSA) is 0 Å². The van der Waals surface area contributed by atoms with Crippen LogP contribution in [0.1, 0.15) is 5.56 Å². The smallest absolute Gasteiger partial charge is 0.0651 e. The van der Waals surface area contributed by atoms with Crippen LogP contribution in [-0.2, 0) is 0 Å². The highest BCUT2D eigenvalue weighted by atomic mass is 32.1. The lowest BCUT2D eigenvalue weighted by molar-refractivity contribution is 1.48. The Morgan fingerprint density at radius 3 is 2.17 bits per heavy atom. The molecule has 0 unspecified atom stereocenters. The van der Waals surface area contributed by atoms with E-state index in [1.54, 1.807) is 0 Å². The van der Waals surface area contributed by atoms with Gasteiger partial charge in [-0.1, -0.05) is 29.8 Å². The molecular weight excluding hydrogens is 389 g/mol. The molecule has 0 N–H and O–H groups in total. The molecule has 0 aliphatic heterocycles. The first-order valence-corrected chi connectivity index (χ1v) is 11.7. The molecule has 0 bridgehead atoms. The minimum Gasteiger partial charge on any atom is -0.141 e. The Morgan fingerprint density at radius 1 is 0.625 bits per heavy atom. The van der Waals surface area contributed by atoms with Crippen molar-refractivity contribution in [2.75, 3.05) is 0 Å². The molecule has 0 nitrogen and oxygen atoms in total. The summed E-state index contributed by atoms with van der Waals surface area (Å²) in [6, 6.07) is 13.5. The fraction of sp³-hybridized carbons (Fsp3) is 0.0526. The Bertz CT molecular complexity index is 1350. The van der Waals surface area contributed by atoms with Gasteiger partial charge in [0.05, 0.1) is 28.2 Å². The molecular formula is C19H10S5. The third-order valence-corrected chi connectivity index (χ3v) is 10.9. The van der Waals surface area contributed by atoms with Crippen molar-refractivity contribution < 1.29 is 0 Å². The number of rotatable bonds is 1. The van der Waals surface area contributed by atoms with E-state index in [0.717, 1.165) is 0 Å². The van der Waals surface area contributed by atoms with Crippen LogP contribution in [-0.4, -0.2) is 0 Å². The van der Waals surface area contributed by atoms with Crippen molar-refractivity contribution in [1.82, 2.24) is 0 Å². The molecule has 6 rings (SSSR count). The number of hydrogen-bond acceptors (Lipinski definition) is 5. The zero-order valence-corrected chi connectivity index (χ0v) is 16.7. The molecule has 24 heavy (non-hydrogen) atoms. The molecule has 5 heterocycles. The van der Waals surface area contributed by atoms with Crippen LogP contribution in [0, 0.1) is 6.92 Å². The third kappa shape index (κ3) is 1.82. The molecule has 116 valence electrons. The quantitative estimate of drug-likeness (QED) is 0.260. The molecule has 1 aromatic carbocycles. The Morgan fingerprint density at radius 2 is 1.33 bits per heavy atom. The summed E-state index contributed by atoms with van der Waals surface area (Å²) >= 11 is 9.75. The predicted molar refractivity (Wildman–Crippen MR) is 116 cm³/mol. The van der Waals surface area contributed by atoms with E-state index in [1.807, 2.05) is 56.7 Å². The summed E-state index contributed by atoms with van der Waals surface area (Å²) in [6.45, 7) is 2.14. The summed E-state index contributed by atoms with van der Waals surface area (Å²) < 4.78 is 11.8. The Labute approximate surface area is 158 Å². The van der Waals surface area contributed by atoms with Crippen LogP contribution < -0.4 is 0 Å². The molecule has 0 atom stereocenters. The minimum atomic E-state index is 1.32. The van der Waals surface area contributed by atoms with E-state index in [4.69, 9.17) is 0 Å². The van der Waals surface area contributed by atoms with E-state index in [1.165, 1.54) is 53.6 Å². The van der Waals surface area contributed by atoms with Crippen LogP contribution in [0.2, 0.25) is 0 Å². The second-order valence-electron chi connectivity index (χ2n) is 5.91. The standard InChI is InChI=1S/C19H10S5/c1-9-2-4-10(5-3-9)12-8-13-15(22-12)17-19(23-13)18-16(24-17)14-11(21-18)6-7-20-14/h2-8H,1H3. The summed E-state index contributed by atoms with van der Waals surface area (Å²) in [7, 11) is 0. The van der Waals surface area contributed by atoms with Gasteiger partial charge in [0.2, 0.25) is 0 Å². The first kappa shape index (κ1) is 14.0. The molecule has 5 aromatic heterocycles. The number of hydrogen-bond donors (Lipinski definition) is 0. The molecule has 0 radical (unpaired) electrons. The Balaban J connectivity index is 1.64. The highest BCUT2D eigenvalue weighted by Gasteiger charge is 2.19. The van der Waals surface area contributed by atoms with Gasteiger partial charge in [0.1, 0.15) is 0 Å². The molecule has 5 heteroatoms. The molecule has 0 amide bonds. The molecule has 0 fully saturated rings. The van der Waals surface area contributed by atoms with Gasteiger partial charge in [0.15, 0.2) is 0 Å². The van der Waals surface area contributed by atoms with Crippen LogP contribution in [0.3, 0.4) is 0 Å². The van der Waals surface area contributed by atoms with Gasteiger partial charge in [0.25, 0.3) is 0 Å². The SMILES string of the molecule is Cc1ccc(-c2cc3sc4c(sc5c6sccc6sc54)c3s2)cc1. The van der Waals surface area contributed by atoms with Gasteiger partial charge in [0, 0.05) is 14.3 Å². The average molecular weight is 399 g/mol. The highest BCUT2D eigenvalue weighted by molar-refractivity contribution is 7.48. The van der Waals surface area contributed by atoms with Gasteiger partial charge in [-0.05, 0) is 30.0 Å². The summed E-state index contributed by atoms with van der Waals surface area (Å²) in [5.41, 5.74) is 2.65. The molecule has 0 aliphatic carbocycles. The highest BCUT2D eigenvalue weighted by Crippen LogP contribution is 2.53. The van der Waals surface area contributed by atoms with Crippen molar-refractivity contribution in [2.24, 2.45) is 0 Å². The number of aryl methyl sites for hydroxylation is 1. The molecule has 6 aromatic rings. The third-order valence-electron chi connectivity index (χ3n) is 4.32. The second kappa shape index (κ2) is 4.90. The van der Waals surface area contributed by atoms with E-state index >= 15 is 0 Å². The molecule has 0 saturated carbocycles. The molecule has 0 aliphatic rings. The second-order valence-corrected chi connectivity index (χ2v) is 11.0. The number of fused-ring (bicyclic) bond motifs is 7. The van der Waals surface area contributed by atoms with Crippen LogP contribution in [0.4, 0.5) is 0 Å². The van der Waals surface area contributed by atoms with Crippen LogP contribution >= 0.6 is 56.7 Å². The van der Waals surface area contributed by atoms with Crippen molar-refractivity contribution in [2.45, 2.75) is 6.92 Å². The summed E-state index contributed by atoms with van der Waals surface area (Å²) in [6.07, 6.45) is 0. The van der Waals surface area contributed by atoms with E-state index < -0.39 is 0 Å². The van der Waals surface area contributed by atoms with Crippen molar-refractivity contribution >= 4 is 94.3 Å². The first-order chi connectivity index (χ1) is 11.8. The van der Waals surface area contributed by atoms with Gasteiger partial charge < -0.3 is 0 Å². The maximum atomic E-state index is 2.38. The van der Waals surface area contributed by atoms with Crippen LogP contribution in [0.15, 0.2) is 41.8 Å². The van der Waals surface area contributed by atoms with Gasteiger partial charge in [-0.2, -0.15) is 0 Å². The van der Waals surface area contributed by atoms with Gasteiger partial charge in [-0.3, -0.25) is 0 Å². The van der Waals surface area contributed by atoms with Crippen molar-refractivity contribution in [1.29, 1.82) is 0 Å². The van der Waals surface area contributed by atoms with E-state index in [-0.39, 0.29) is 0 Å². The maximum absolute atomic E-state index is 2.38. The van der Waals surface area contributed by atoms with E-state index in [9.17, 15) is 0 Å². The number of thiophene rings is 5. The fourth-order valence-corrected chi connectivity index (χ4v) is 10.1. The lowest BCUT2D eigenvalue weighted by Crippen LogP contribution is -1.72. The summed E-state index contributed by atoms with van der Waals surface area (Å²) in [5, 5.41) is 2.21. The Hall–Kier alpha value is -1.24. The summed E-state index contributed by atoms with van der Waals surface area (Å²) in [4.78, 5) is 1.39. The zero-order chi connectivity index (χ0) is 15.8. The van der Waals surface area contributed by atoms with Crippen molar-refractivity contribution in [3.8, 4) is 10.4 Å². The lowest BCUT2D eigenvalue weighted by atomic mass is 10.1. The van der Waals surface area contributed by atoms with E-state index in [0.29, 0.717) is 0 Å². The predicted octanol–water partition coefficient (Wildman–Crippen LogP) is 8.58. The largest absolute Gasteiger partial charge is 0.141 e. The fourth-order valence-electron chi connectivity index (χ4n) is 3.12. The maximum Gasteiger partial charge on any atom is 0.0651 e. The minimum absolute atomic E-state index is 1.32. The lowest BCUT2D eigenvalue weighted by Gasteiger charge is -1.97. The van der Waals surface area contributed by atoms with Gasteiger partial charge in [-0.25, -0.2) is 0 Å². The molecule has 0 saturated heterocycles. The molecule has 0 spiro atoms. The van der Waals surface area contributed by atoms with Gasteiger partial charge in [-0.15, -0.1) is 56.7 Å². The van der Waals surface area contributed by atoms with E-state index in [2.05, 4.69) is 48.7 Å². The zero-order valence-electron chi connectivity index (χ0n) is 12.6. The number of benzene rings is 1. The van der Waals surface area contributed by atoms with Crippen molar-refractivity contribution in [3.63, 3.8) is 0 Å². The monoisotopic (exact) mass is 398 g/mol. The van der Waals surface area contributed by atoms with Crippen molar-refractivity contribution in [3.05, 3.63) is 47.3 Å². The average Bonchev–Trinajstić information content (AvgIpc) is 3.31. The van der Waals surface area contributed by atoms with Crippen LogP contribution in [0.5, 0.6) is 0 Å². The Kier molecular flexibility index (Phi) is 2.85. The normalized spacial score (nSPS) is 12.4. The first-order valence-electron chi connectivity index (χ1n) is 7.59. The van der Waals surface area contributed by atoms with Gasteiger partial charge >= 0.3 is 0 Å².